The zero-order valence-electron chi connectivity index (χ0n) is 7.36. The number of hydrogen-bond acceptors (Lipinski definition) is 4. The van der Waals surface area contributed by atoms with E-state index in [0.717, 1.165) is 11.3 Å². The lowest BCUT2D eigenvalue weighted by Crippen LogP contribution is -2.09. The van der Waals surface area contributed by atoms with Gasteiger partial charge in [-0.25, -0.2) is 5.90 Å². The van der Waals surface area contributed by atoms with Gasteiger partial charge in [0, 0.05) is 17.8 Å². The fourth-order valence-electron chi connectivity index (χ4n) is 1.10. The van der Waals surface area contributed by atoms with Crippen molar-refractivity contribution in [3.63, 3.8) is 0 Å². The van der Waals surface area contributed by atoms with Crippen LogP contribution in [0.4, 0.5) is 5.69 Å². The van der Waals surface area contributed by atoms with Crippen LogP contribution in [0.1, 0.15) is 5.56 Å². The Morgan fingerprint density at radius 2 is 2.15 bits per heavy atom. The monoisotopic (exact) mass is 182 g/mol. The third kappa shape index (κ3) is 3.02. The second-order valence-electron chi connectivity index (χ2n) is 2.62. The van der Waals surface area contributed by atoms with Crippen molar-refractivity contribution in [1.82, 2.24) is 0 Å². The molecular formula is C9H14N2O2. The first-order chi connectivity index (χ1) is 6.38. The molecule has 0 saturated heterocycles. The summed E-state index contributed by atoms with van der Waals surface area (Å²) in [7, 11) is 0. The summed E-state index contributed by atoms with van der Waals surface area (Å²) in [6, 6.07) is 7.68. The quantitative estimate of drug-likeness (QED) is 0.579. The molecule has 0 radical (unpaired) electrons. The lowest BCUT2D eigenvalue weighted by atomic mass is 10.2. The number of nitrogens with one attached hydrogen (secondary N) is 1. The van der Waals surface area contributed by atoms with Crippen molar-refractivity contribution in [3.05, 3.63) is 29.8 Å². The molecule has 1 aromatic carbocycles. The minimum absolute atomic E-state index is 0.109. The summed E-state index contributed by atoms with van der Waals surface area (Å²) in [6.45, 7) is 1.01. The van der Waals surface area contributed by atoms with Gasteiger partial charge in [0.05, 0.1) is 13.2 Å². The van der Waals surface area contributed by atoms with Crippen LogP contribution in [0.5, 0.6) is 0 Å². The number of aliphatic hydroxyl groups excluding tert-OH is 1. The molecule has 0 amide bonds. The van der Waals surface area contributed by atoms with Gasteiger partial charge in [0.2, 0.25) is 0 Å². The van der Waals surface area contributed by atoms with Crippen molar-refractivity contribution >= 4 is 5.69 Å². The molecule has 0 atom stereocenters. The van der Waals surface area contributed by atoms with Gasteiger partial charge in [-0.05, 0) is 6.07 Å². The van der Waals surface area contributed by atoms with Gasteiger partial charge in [-0.3, -0.25) is 4.84 Å². The van der Waals surface area contributed by atoms with Crippen LogP contribution in [-0.4, -0.2) is 18.3 Å². The molecule has 0 unspecified atom stereocenters. The highest BCUT2D eigenvalue weighted by Crippen LogP contribution is 2.14. The molecule has 0 spiro atoms. The summed E-state index contributed by atoms with van der Waals surface area (Å²) in [5.41, 5.74) is 1.93. The van der Waals surface area contributed by atoms with Crippen LogP contribution in [0.3, 0.4) is 0 Å². The summed E-state index contributed by atoms with van der Waals surface area (Å²) in [4.78, 5) is 4.55. The first-order valence-corrected chi connectivity index (χ1v) is 4.13. The van der Waals surface area contributed by atoms with Crippen LogP contribution in [-0.2, 0) is 11.4 Å². The molecule has 13 heavy (non-hydrogen) atoms. The second kappa shape index (κ2) is 5.53. The minimum atomic E-state index is 0.109. The lowest BCUT2D eigenvalue weighted by Gasteiger charge is -2.09. The smallest absolute Gasteiger partial charge is 0.0949 e. The fourth-order valence-corrected chi connectivity index (χ4v) is 1.10. The minimum Gasteiger partial charge on any atom is -0.395 e. The van der Waals surface area contributed by atoms with Crippen molar-refractivity contribution in [2.75, 3.05) is 18.5 Å². The van der Waals surface area contributed by atoms with Crippen LogP contribution in [0, 0.1) is 0 Å². The molecule has 4 heteroatoms. The maximum Gasteiger partial charge on any atom is 0.0949 e. The van der Waals surface area contributed by atoms with Crippen LogP contribution in [0.2, 0.25) is 0 Å². The Morgan fingerprint density at radius 1 is 1.38 bits per heavy atom. The highest BCUT2D eigenvalue weighted by molar-refractivity contribution is 5.50. The van der Waals surface area contributed by atoms with Gasteiger partial charge in [0.25, 0.3) is 0 Å². The molecule has 1 rings (SSSR count). The Morgan fingerprint density at radius 3 is 2.85 bits per heavy atom. The van der Waals surface area contributed by atoms with E-state index in [1.807, 2.05) is 24.3 Å². The molecular weight excluding hydrogens is 168 g/mol. The number of benzene rings is 1. The molecule has 0 aliphatic rings. The van der Waals surface area contributed by atoms with E-state index in [2.05, 4.69) is 10.2 Å². The number of anilines is 1. The van der Waals surface area contributed by atoms with Gasteiger partial charge in [0.15, 0.2) is 0 Å². The van der Waals surface area contributed by atoms with E-state index >= 15 is 0 Å². The molecule has 0 bridgehead atoms. The molecule has 0 aromatic heterocycles. The first kappa shape index (κ1) is 9.98. The first-order valence-electron chi connectivity index (χ1n) is 4.13. The molecule has 0 fully saturated rings. The normalized spacial score (nSPS) is 10.0. The van der Waals surface area contributed by atoms with Crippen molar-refractivity contribution in [3.8, 4) is 0 Å². The predicted octanol–water partition coefficient (Wildman–Crippen LogP) is 0.481. The Hall–Kier alpha value is -1.10. The molecule has 0 saturated carbocycles. The molecule has 0 heterocycles. The van der Waals surface area contributed by atoms with Gasteiger partial charge < -0.3 is 10.4 Å². The maximum absolute atomic E-state index is 8.63. The van der Waals surface area contributed by atoms with E-state index in [0.29, 0.717) is 13.2 Å². The van der Waals surface area contributed by atoms with Crippen LogP contribution in [0.15, 0.2) is 24.3 Å². The van der Waals surface area contributed by atoms with Crippen molar-refractivity contribution < 1.29 is 9.94 Å². The van der Waals surface area contributed by atoms with Gasteiger partial charge in [-0.2, -0.15) is 0 Å². The molecule has 1 aromatic rings. The molecule has 72 valence electrons. The Labute approximate surface area is 77.3 Å². The SMILES string of the molecule is NOCc1ccccc1NCCO. The summed E-state index contributed by atoms with van der Waals surface area (Å²) in [6.07, 6.45) is 0. The van der Waals surface area contributed by atoms with Gasteiger partial charge in [-0.15, -0.1) is 0 Å². The fraction of sp³-hybridized carbons (Fsp3) is 0.333. The van der Waals surface area contributed by atoms with E-state index in [9.17, 15) is 0 Å². The van der Waals surface area contributed by atoms with Crippen LogP contribution in [0.25, 0.3) is 0 Å². The number of nitrogens with two attached hydrogens (primary N) is 1. The maximum atomic E-state index is 8.63. The average Bonchev–Trinajstić information content (AvgIpc) is 2.17. The molecule has 0 aliphatic heterocycles. The van der Waals surface area contributed by atoms with Crippen molar-refractivity contribution in [2.45, 2.75) is 6.61 Å². The zero-order chi connectivity index (χ0) is 9.52. The third-order valence-electron chi connectivity index (χ3n) is 1.68. The second-order valence-corrected chi connectivity index (χ2v) is 2.62. The molecule has 4 N–H and O–H groups in total. The standard InChI is InChI=1S/C9H14N2O2/c10-13-7-8-3-1-2-4-9(8)11-5-6-12/h1-4,11-12H,5-7,10H2. The lowest BCUT2D eigenvalue weighted by molar-refractivity contribution is 0.124. The Balaban J connectivity index is 2.66. The highest BCUT2D eigenvalue weighted by atomic mass is 16.6. The molecule has 4 nitrogen and oxygen atoms in total. The Kier molecular flexibility index (Phi) is 4.25. The summed E-state index contributed by atoms with van der Waals surface area (Å²) >= 11 is 0. The predicted molar refractivity (Wildman–Crippen MR) is 51.0 cm³/mol. The van der Waals surface area contributed by atoms with E-state index in [-0.39, 0.29) is 6.61 Å². The van der Waals surface area contributed by atoms with Crippen LogP contribution < -0.4 is 11.2 Å². The van der Waals surface area contributed by atoms with Crippen molar-refractivity contribution in [1.29, 1.82) is 0 Å². The van der Waals surface area contributed by atoms with E-state index in [4.69, 9.17) is 11.0 Å². The number of aliphatic hydroxyl groups is 1. The van der Waals surface area contributed by atoms with Gasteiger partial charge in [-0.1, -0.05) is 18.2 Å². The van der Waals surface area contributed by atoms with Crippen LogP contribution >= 0.6 is 0 Å². The van der Waals surface area contributed by atoms with E-state index < -0.39 is 0 Å². The largest absolute Gasteiger partial charge is 0.395 e. The Bertz CT molecular complexity index is 253. The number of hydrogen-bond donors (Lipinski definition) is 3. The van der Waals surface area contributed by atoms with Gasteiger partial charge in [0.1, 0.15) is 0 Å². The van der Waals surface area contributed by atoms with E-state index in [1.54, 1.807) is 0 Å². The third-order valence-corrected chi connectivity index (χ3v) is 1.68. The van der Waals surface area contributed by atoms with Gasteiger partial charge >= 0.3 is 0 Å². The summed E-state index contributed by atoms with van der Waals surface area (Å²) in [5.74, 6) is 4.98. The topological polar surface area (TPSA) is 67.5 Å². The molecule has 0 aliphatic carbocycles. The summed E-state index contributed by atoms with van der Waals surface area (Å²) < 4.78 is 0. The summed E-state index contributed by atoms with van der Waals surface area (Å²) in [5, 5.41) is 11.7. The zero-order valence-corrected chi connectivity index (χ0v) is 7.36. The number of rotatable bonds is 5. The van der Waals surface area contributed by atoms with Crippen molar-refractivity contribution in [2.24, 2.45) is 5.90 Å². The van der Waals surface area contributed by atoms with E-state index in [1.165, 1.54) is 0 Å². The highest BCUT2D eigenvalue weighted by Gasteiger charge is 1.99. The average molecular weight is 182 g/mol. The number of para-hydroxylation sites is 1.